The first-order valence-electron chi connectivity index (χ1n) is 7.57. The molecule has 1 fully saturated rings. The summed E-state index contributed by atoms with van der Waals surface area (Å²) in [7, 11) is 0. The predicted molar refractivity (Wildman–Crippen MR) is 79.8 cm³/mol. The van der Waals surface area contributed by atoms with Gasteiger partial charge in [-0.05, 0) is 6.92 Å². The van der Waals surface area contributed by atoms with Crippen LogP contribution >= 0.6 is 0 Å². The first-order chi connectivity index (χ1) is 9.04. The van der Waals surface area contributed by atoms with Crippen molar-refractivity contribution in [3.63, 3.8) is 0 Å². The topological polar surface area (TPSA) is 87.7 Å². The molecule has 126 valence electrons. The molecule has 0 amide bonds. The van der Waals surface area contributed by atoms with Crippen molar-refractivity contribution in [2.45, 2.75) is 84.1 Å². The molecule has 0 heterocycles. The molecule has 2 N–H and O–H groups in total. The molecule has 1 saturated carbocycles. The normalized spacial score (nSPS) is 13.4. The van der Waals surface area contributed by atoms with Gasteiger partial charge in [-0.2, -0.15) is 6.54 Å². The van der Waals surface area contributed by atoms with Gasteiger partial charge in [0, 0.05) is 5.97 Å². The number of carbonyl (C=O) groups is 1. The zero-order valence-corrected chi connectivity index (χ0v) is 14.5. The van der Waals surface area contributed by atoms with Gasteiger partial charge in [-0.1, -0.05) is 71.1 Å². The second-order valence-corrected chi connectivity index (χ2v) is 4.99. The minimum absolute atomic E-state index is 0. The largest absolute Gasteiger partial charge is 1.00 e. The van der Waals surface area contributed by atoms with E-state index in [2.05, 4.69) is 6.92 Å². The molecule has 4 nitrogen and oxygen atoms in total. The zero-order chi connectivity index (χ0) is 14.9. The van der Waals surface area contributed by atoms with E-state index in [0.29, 0.717) is 12.6 Å². The van der Waals surface area contributed by atoms with Crippen molar-refractivity contribution in [2.24, 2.45) is 0 Å². The Hall–Kier alpha value is 0.130. The fourth-order valence-corrected chi connectivity index (χ4v) is 1.83. The summed E-state index contributed by atoms with van der Waals surface area (Å²) in [6, 6.07) is 0.296. The van der Waals surface area contributed by atoms with E-state index in [1.54, 1.807) is 0 Å². The average Bonchev–Trinajstić information content (AvgIpc) is 2.80. The Morgan fingerprint density at radius 3 is 1.80 bits per heavy atom. The first kappa shape index (κ1) is 25.1. The maximum absolute atomic E-state index is 8.89. The maximum Gasteiger partial charge on any atom is 1.00 e. The van der Waals surface area contributed by atoms with Crippen LogP contribution in [0.3, 0.4) is 0 Å². The van der Waals surface area contributed by atoms with Gasteiger partial charge >= 0.3 is 22.4 Å². The molecule has 20 heavy (non-hydrogen) atoms. The Morgan fingerprint density at radius 2 is 1.50 bits per heavy atom. The molecule has 0 aromatic heterocycles. The Morgan fingerprint density at radius 1 is 1.10 bits per heavy atom. The number of hydrogen-bond donors (Lipinski definition) is 0. The van der Waals surface area contributed by atoms with Crippen molar-refractivity contribution in [3.05, 3.63) is 11.5 Å². The van der Waals surface area contributed by atoms with Crippen LogP contribution in [0.1, 0.15) is 78.1 Å². The van der Waals surface area contributed by atoms with Crippen molar-refractivity contribution in [1.82, 2.24) is 0 Å². The Balaban J connectivity index is -0.000000228. The van der Waals surface area contributed by atoms with Gasteiger partial charge < -0.3 is 21.4 Å². The van der Waals surface area contributed by atoms with Gasteiger partial charge in [-0.25, -0.2) is 0 Å². The van der Waals surface area contributed by atoms with Crippen LogP contribution in [0, 0.1) is 0 Å². The summed E-state index contributed by atoms with van der Waals surface area (Å²) < 4.78 is 0. The minimum atomic E-state index is -1.08. The van der Waals surface area contributed by atoms with Crippen molar-refractivity contribution in [2.75, 3.05) is 6.54 Å². The van der Waals surface area contributed by atoms with Crippen molar-refractivity contribution < 1.29 is 32.3 Å². The van der Waals surface area contributed by atoms with Crippen molar-refractivity contribution in [1.29, 1.82) is 0 Å². The number of nitrogens with one attached hydrogen (secondary N) is 2. The number of rotatable bonds is 6. The van der Waals surface area contributed by atoms with Crippen LogP contribution in [-0.2, 0) is 27.2 Å². The molecule has 5 heteroatoms. The van der Waals surface area contributed by atoms with Crippen LogP contribution in [0.5, 0.6) is 0 Å². The molecule has 0 radical (unpaired) electrons. The van der Waals surface area contributed by atoms with Gasteiger partial charge in [-0.3, -0.25) is 0 Å². The van der Waals surface area contributed by atoms with Crippen LogP contribution in [0.4, 0.5) is 0 Å². The number of unbranched alkanes of at least 4 members (excludes halogenated alkanes) is 5. The van der Waals surface area contributed by atoms with E-state index in [1.807, 2.05) is 0 Å². The third-order valence-electron chi connectivity index (χ3n) is 2.89. The second kappa shape index (κ2) is 21.4. The Bertz CT molecular complexity index is 177. The number of carboxylic acid groups (broad SMARTS) is 1. The number of hydrogen-bond acceptors (Lipinski definition) is 2. The molecule has 0 spiro atoms. The van der Waals surface area contributed by atoms with Crippen molar-refractivity contribution >= 4 is 5.97 Å². The van der Waals surface area contributed by atoms with E-state index in [4.69, 9.17) is 21.4 Å². The van der Waals surface area contributed by atoms with E-state index in [0.717, 1.165) is 26.2 Å². The zero-order valence-electron chi connectivity index (χ0n) is 13.0. The molecular formula is C15H31AgN2O2-2. The van der Waals surface area contributed by atoms with Crippen LogP contribution < -0.4 is 5.11 Å². The van der Waals surface area contributed by atoms with E-state index in [1.165, 1.54) is 44.9 Å². The molecule has 1 aliphatic rings. The maximum atomic E-state index is 8.89. The monoisotopic (exact) mass is 378 g/mol. The van der Waals surface area contributed by atoms with Crippen molar-refractivity contribution in [3.8, 4) is 0 Å². The van der Waals surface area contributed by atoms with E-state index in [-0.39, 0.29) is 22.4 Å². The minimum Gasteiger partial charge on any atom is -0.677 e. The van der Waals surface area contributed by atoms with Crippen LogP contribution in [-0.4, -0.2) is 18.6 Å². The fraction of sp³-hybridized carbons (Fsp3) is 0.933. The molecule has 0 unspecified atom stereocenters. The molecule has 0 aliphatic heterocycles. The third-order valence-corrected chi connectivity index (χ3v) is 2.89. The number of aliphatic carboxylic acids is 1. The summed E-state index contributed by atoms with van der Waals surface area (Å²) in [4.78, 5) is 8.89. The van der Waals surface area contributed by atoms with E-state index >= 15 is 0 Å². The van der Waals surface area contributed by atoms with Gasteiger partial charge in [-0.15, -0.1) is 6.04 Å². The Labute approximate surface area is 140 Å². The standard InChI is InChI=1S/C8H18N.C5H10N.C2H4O2.Ag/c1-2-3-4-5-6-7-8-9;6-5-3-1-2-4-5;1-2(3)4;/h9H,2-8H2,1H3;5-6H,1-4H2;1H3,(H,3,4);/q2*-1;;+1/p-1. The molecule has 1 aliphatic carbocycles. The molecule has 1 rings (SSSR count). The smallest absolute Gasteiger partial charge is 0.677 e. The fourth-order valence-electron chi connectivity index (χ4n) is 1.83. The summed E-state index contributed by atoms with van der Waals surface area (Å²) in [5.41, 5.74) is 14.0. The summed E-state index contributed by atoms with van der Waals surface area (Å²) in [6.07, 6.45) is 12.7. The molecule has 0 saturated heterocycles. The summed E-state index contributed by atoms with van der Waals surface area (Å²) >= 11 is 0. The summed E-state index contributed by atoms with van der Waals surface area (Å²) in [5.74, 6) is -1.08. The van der Waals surface area contributed by atoms with Gasteiger partial charge in [0.05, 0.1) is 0 Å². The number of carboxylic acids is 1. The third kappa shape index (κ3) is 30.9. The number of carbonyl (C=O) groups excluding carboxylic acids is 1. The van der Waals surface area contributed by atoms with Gasteiger partial charge in [0.2, 0.25) is 0 Å². The van der Waals surface area contributed by atoms with Crippen LogP contribution in [0.25, 0.3) is 11.5 Å². The first-order valence-corrected chi connectivity index (χ1v) is 7.57. The van der Waals surface area contributed by atoms with Gasteiger partial charge in [0.1, 0.15) is 0 Å². The van der Waals surface area contributed by atoms with Crippen LogP contribution in [0.15, 0.2) is 0 Å². The van der Waals surface area contributed by atoms with E-state index < -0.39 is 5.97 Å². The summed E-state index contributed by atoms with van der Waals surface area (Å²) in [5, 5.41) is 8.89. The quantitative estimate of drug-likeness (QED) is 0.513. The Kier molecular flexibility index (Phi) is 26.9. The van der Waals surface area contributed by atoms with Gasteiger partial charge in [0.25, 0.3) is 0 Å². The molecule has 0 aromatic carbocycles. The van der Waals surface area contributed by atoms with E-state index in [9.17, 15) is 0 Å². The second-order valence-electron chi connectivity index (χ2n) is 4.99. The molecule has 0 bridgehead atoms. The molecule has 0 aromatic rings. The molecular weight excluding hydrogens is 348 g/mol. The SMILES string of the molecule is CC(=O)[O-].CCCCCCCC[NH-].[Ag+].[NH-]C1CCCC1. The van der Waals surface area contributed by atoms with Crippen LogP contribution in [0.2, 0.25) is 0 Å². The molecule has 0 atom stereocenters. The predicted octanol–water partition coefficient (Wildman–Crippen LogP) is 4.13. The van der Waals surface area contributed by atoms with Gasteiger partial charge in [0.15, 0.2) is 0 Å². The summed E-state index contributed by atoms with van der Waals surface area (Å²) in [6.45, 7) is 3.82. The average molecular weight is 379 g/mol.